The molecule has 0 radical (unpaired) electrons. The lowest BCUT2D eigenvalue weighted by Gasteiger charge is -2.03. The molecule has 2 aromatic heterocycles. The van der Waals surface area contributed by atoms with Crippen molar-refractivity contribution in [2.75, 3.05) is 5.73 Å². The van der Waals surface area contributed by atoms with E-state index in [4.69, 9.17) is 26.3 Å². The van der Waals surface area contributed by atoms with E-state index in [1.54, 1.807) is 6.07 Å². The van der Waals surface area contributed by atoms with E-state index in [1.165, 1.54) is 0 Å². The van der Waals surface area contributed by atoms with E-state index in [-0.39, 0.29) is 5.88 Å². The van der Waals surface area contributed by atoms with Crippen molar-refractivity contribution in [2.45, 2.75) is 13.3 Å². The Morgan fingerprint density at radius 1 is 1.20 bits per heavy atom. The van der Waals surface area contributed by atoms with Crippen LogP contribution < -0.4 is 5.73 Å². The summed E-state index contributed by atoms with van der Waals surface area (Å²) < 4.78 is 10.8. The third-order valence-electron chi connectivity index (χ3n) is 3.11. The van der Waals surface area contributed by atoms with Gasteiger partial charge in [0.2, 0.25) is 5.88 Å². The average molecular weight is 289 g/mol. The molecule has 4 nitrogen and oxygen atoms in total. The summed E-state index contributed by atoms with van der Waals surface area (Å²) in [5, 5.41) is 4.59. The van der Waals surface area contributed by atoms with Gasteiger partial charge in [0.05, 0.1) is 5.56 Å². The van der Waals surface area contributed by atoms with Gasteiger partial charge in [-0.1, -0.05) is 41.9 Å². The SMILES string of the molecule is CCc1ccc(-c2noc(N)c2-c2ccccc2Cl)o1. The molecule has 102 valence electrons. The summed E-state index contributed by atoms with van der Waals surface area (Å²) in [6, 6.07) is 11.2. The molecule has 0 aliphatic carbocycles. The fourth-order valence-electron chi connectivity index (χ4n) is 2.09. The van der Waals surface area contributed by atoms with Gasteiger partial charge < -0.3 is 14.7 Å². The number of hydrogen-bond donors (Lipinski definition) is 1. The van der Waals surface area contributed by atoms with Crippen molar-refractivity contribution in [3.05, 3.63) is 47.2 Å². The summed E-state index contributed by atoms with van der Waals surface area (Å²) in [6.45, 7) is 2.02. The lowest BCUT2D eigenvalue weighted by molar-refractivity contribution is 0.434. The van der Waals surface area contributed by atoms with E-state index >= 15 is 0 Å². The van der Waals surface area contributed by atoms with Crippen molar-refractivity contribution < 1.29 is 8.94 Å². The topological polar surface area (TPSA) is 65.2 Å². The van der Waals surface area contributed by atoms with E-state index < -0.39 is 0 Å². The number of anilines is 1. The molecular weight excluding hydrogens is 276 g/mol. The zero-order valence-corrected chi connectivity index (χ0v) is 11.6. The third kappa shape index (κ3) is 2.08. The molecule has 2 heterocycles. The minimum atomic E-state index is 0.225. The van der Waals surface area contributed by atoms with Crippen molar-refractivity contribution in [3.8, 4) is 22.6 Å². The van der Waals surface area contributed by atoms with Crippen molar-refractivity contribution >= 4 is 17.5 Å². The first-order chi connectivity index (χ1) is 9.70. The number of nitrogen functional groups attached to an aromatic ring is 1. The van der Waals surface area contributed by atoms with Crippen LogP contribution in [0.15, 0.2) is 45.3 Å². The first kappa shape index (κ1) is 12.8. The minimum Gasteiger partial charge on any atom is -0.459 e. The van der Waals surface area contributed by atoms with E-state index in [0.717, 1.165) is 17.7 Å². The van der Waals surface area contributed by atoms with Gasteiger partial charge in [0.1, 0.15) is 5.76 Å². The standard InChI is InChI=1S/C15H13ClN2O2/c1-2-9-7-8-12(19-9)14-13(15(17)20-18-14)10-5-3-4-6-11(10)16/h3-8H,2,17H2,1H3. The molecule has 0 unspecified atom stereocenters. The van der Waals surface area contributed by atoms with Crippen molar-refractivity contribution in [1.29, 1.82) is 0 Å². The molecule has 0 atom stereocenters. The van der Waals surface area contributed by atoms with E-state index in [2.05, 4.69) is 5.16 Å². The highest BCUT2D eigenvalue weighted by molar-refractivity contribution is 6.33. The number of nitrogens with two attached hydrogens (primary N) is 1. The highest BCUT2D eigenvalue weighted by Gasteiger charge is 2.21. The molecule has 0 saturated carbocycles. The second-order valence-electron chi connectivity index (χ2n) is 4.37. The zero-order valence-electron chi connectivity index (χ0n) is 10.9. The van der Waals surface area contributed by atoms with E-state index in [0.29, 0.717) is 22.0 Å². The second kappa shape index (κ2) is 5.06. The van der Waals surface area contributed by atoms with Crippen LogP contribution in [-0.2, 0) is 6.42 Å². The number of rotatable bonds is 3. The van der Waals surface area contributed by atoms with Gasteiger partial charge >= 0.3 is 0 Å². The molecule has 0 aliphatic rings. The predicted molar refractivity (Wildman–Crippen MR) is 78.4 cm³/mol. The number of aryl methyl sites for hydroxylation is 1. The van der Waals surface area contributed by atoms with Gasteiger partial charge in [0.15, 0.2) is 11.5 Å². The van der Waals surface area contributed by atoms with E-state index in [9.17, 15) is 0 Å². The van der Waals surface area contributed by atoms with Crippen LogP contribution in [0, 0.1) is 0 Å². The molecule has 2 N–H and O–H groups in total. The molecule has 0 aliphatic heterocycles. The van der Waals surface area contributed by atoms with Gasteiger partial charge in [0, 0.05) is 17.0 Å². The molecule has 0 amide bonds. The Kier molecular flexibility index (Phi) is 3.24. The first-order valence-electron chi connectivity index (χ1n) is 6.29. The minimum absolute atomic E-state index is 0.225. The lowest BCUT2D eigenvalue weighted by Crippen LogP contribution is -1.88. The highest BCUT2D eigenvalue weighted by atomic mass is 35.5. The van der Waals surface area contributed by atoms with Crippen molar-refractivity contribution in [3.63, 3.8) is 0 Å². The van der Waals surface area contributed by atoms with Gasteiger partial charge in [-0.2, -0.15) is 0 Å². The number of benzene rings is 1. The third-order valence-corrected chi connectivity index (χ3v) is 3.43. The Morgan fingerprint density at radius 2 is 2.00 bits per heavy atom. The quantitative estimate of drug-likeness (QED) is 0.776. The van der Waals surface area contributed by atoms with Gasteiger partial charge in [-0.15, -0.1) is 0 Å². The summed E-state index contributed by atoms with van der Waals surface area (Å²) in [7, 11) is 0. The first-order valence-corrected chi connectivity index (χ1v) is 6.67. The number of aromatic nitrogens is 1. The summed E-state index contributed by atoms with van der Waals surface area (Å²) in [5.74, 6) is 1.73. The van der Waals surface area contributed by atoms with Crippen LogP contribution >= 0.6 is 11.6 Å². The second-order valence-corrected chi connectivity index (χ2v) is 4.78. The van der Waals surface area contributed by atoms with Gasteiger partial charge in [0.25, 0.3) is 0 Å². The normalized spacial score (nSPS) is 10.9. The molecule has 20 heavy (non-hydrogen) atoms. The number of furan rings is 1. The number of halogens is 1. The van der Waals surface area contributed by atoms with Crippen LogP contribution in [0.25, 0.3) is 22.6 Å². The fourth-order valence-corrected chi connectivity index (χ4v) is 2.32. The Bertz CT molecular complexity index is 746. The van der Waals surface area contributed by atoms with Crippen LogP contribution in [0.3, 0.4) is 0 Å². The average Bonchev–Trinajstić information content (AvgIpc) is 3.06. The molecule has 0 fully saturated rings. The predicted octanol–water partition coefficient (Wildman–Crippen LogP) is 4.40. The Balaban J connectivity index is 2.17. The van der Waals surface area contributed by atoms with Crippen molar-refractivity contribution in [2.24, 2.45) is 0 Å². The molecule has 3 aromatic rings. The molecule has 3 rings (SSSR count). The van der Waals surface area contributed by atoms with Crippen LogP contribution in [-0.4, -0.2) is 5.16 Å². The van der Waals surface area contributed by atoms with Gasteiger partial charge in [-0.05, 0) is 18.2 Å². The van der Waals surface area contributed by atoms with Crippen LogP contribution in [0.4, 0.5) is 5.88 Å². The smallest absolute Gasteiger partial charge is 0.230 e. The molecular formula is C15H13ClN2O2. The maximum Gasteiger partial charge on any atom is 0.230 e. The molecule has 5 heteroatoms. The van der Waals surface area contributed by atoms with Crippen LogP contribution in [0.2, 0.25) is 5.02 Å². The van der Waals surface area contributed by atoms with E-state index in [1.807, 2.05) is 37.3 Å². The molecule has 0 saturated heterocycles. The number of nitrogens with zero attached hydrogens (tertiary/aromatic N) is 1. The summed E-state index contributed by atoms with van der Waals surface area (Å²) in [4.78, 5) is 0. The van der Waals surface area contributed by atoms with Crippen LogP contribution in [0.5, 0.6) is 0 Å². The maximum absolute atomic E-state index is 6.22. The fraction of sp³-hybridized carbons (Fsp3) is 0.133. The zero-order chi connectivity index (χ0) is 14.1. The Morgan fingerprint density at radius 3 is 2.70 bits per heavy atom. The maximum atomic E-state index is 6.22. The van der Waals surface area contributed by atoms with Gasteiger partial charge in [-0.3, -0.25) is 0 Å². The molecule has 0 spiro atoms. The Hall–Kier alpha value is -2.20. The Labute approximate surface area is 121 Å². The van der Waals surface area contributed by atoms with Crippen LogP contribution in [0.1, 0.15) is 12.7 Å². The molecule has 0 bridgehead atoms. The molecule has 1 aromatic carbocycles. The summed E-state index contributed by atoms with van der Waals surface area (Å²) >= 11 is 6.22. The number of hydrogen-bond acceptors (Lipinski definition) is 4. The summed E-state index contributed by atoms with van der Waals surface area (Å²) in [5.41, 5.74) is 7.89. The monoisotopic (exact) mass is 288 g/mol. The lowest BCUT2D eigenvalue weighted by atomic mass is 10.0. The summed E-state index contributed by atoms with van der Waals surface area (Å²) in [6.07, 6.45) is 0.814. The van der Waals surface area contributed by atoms with Crippen molar-refractivity contribution in [1.82, 2.24) is 5.16 Å². The largest absolute Gasteiger partial charge is 0.459 e. The highest BCUT2D eigenvalue weighted by Crippen LogP contribution is 2.39. The van der Waals surface area contributed by atoms with Gasteiger partial charge in [-0.25, -0.2) is 0 Å².